The number of rotatable bonds is 9. The van der Waals surface area contributed by atoms with Gasteiger partial charge in [-0.15, -0.1) is 0 Å². The molecule has 0 amide bonds. The van der Waals surface area contributed by atoms with Crippen molar-refractivity contribution >= 4 is 40.6 Å². The molecule has 3 aromatic carbocycles. The summed E-state index contributed by atoms with van der Waals surface area (Å²) in [5.41, 5.74) is 4.39. The van der Waals surface area contributed by atoms with E-state index in [4.69, 9.17) is 49.9 Å². The molecule has 3 unspecified atom stereocenters. The summed E-state index contributed by atoms with van der Waals surface area (Å²) >= 11 is 6.02. The Bertz CT molecular complexity index is 1970. The van der Waals surface area contributed by atoms with E-state index in [0.717, 1.165) is 44.3 Å². The van der Waals surface area contributed by atoms with Gasteiger partial charge in [-0.25, -0.2) is 9.59 Å². The molecule has 2 N–H and O–H groups in total. The van der Waals surface area contributed by atoms with Gasteiger partial charge in [0.1, 0.15) is 18.5 Å². The number of benzene rings is 3. The number of hydrogen-bond donors (Lipinski definition) is 2. The van der Waals surface area contributed by atoms with Crippen LogP contribution in [0.5, 0.6) is 23.0 Å². The Morgan fingerprint density at radius 3 is 2.37 bits per heavy atom. The number of hydrogen-bond acceptors (Lipinski definition) is 12. The minimum absolute atomic E-state index is 0.0561. The van der Waals surface area contributed by atoms with Gasteiger partial charge >= 0.3 is 18.1 Å². The van der Waals surface area contributed by atoms with Gasteiger partial charge in [-0.1, -0.05) is 23.7 Å². The second-order valence-corrected chi connectivity index (χ2v) is 13.9. The fourth-order valence-corrected chi connectivity index (χ4v) is 8.47. The number of aromatic nitrogens is 1. The maximum absolute atomic E-state index is 13.7. The molecule has 1 aromatic heterocycles. The van der Waals surface area contributed by atoms with Crippen LogP contribution in [0.2, 0.25) is 5.02 Å². The first kappa shape index (κ1) is 38.7. The summed E-state index contributed by atoms with van der Waals surface area (Å²) in [6, 6.07) is 16.0. The molecule has 54 heavy (non-hydrogen) atoms. The quantitative estimate of drug-likeness (QED) is 0.108. The van der Waals surface area contributed by atoms with E-state index < -0.39 is 24.1 Å². The molecule has 0 spiro atoms. The van der Waals surface area contributed by atoms with Crippen LogP contribution in [0.3, 0.4) is 0 Å². The van der Waals surface area contributed by atoms with Crippen molar-refractivity contribution < 1.29 is 52.6 Å². The molecule has 0 radical (unpaired) electrons. The van der Waals surface area contributed by atoms with Crippen molar-refractivity contribution in [3.8, 4) is 23.0 Å². The highest BCUT2D eigenvalue weighted by atomic mass is 35.5. The topological polar surface area (TPSA) is 155 Å². The first-order valence-electron chi connectivity index (χ1n) is 17.7. The van der Waals surface area contributed by atoms with Gasteiger partial charge in [-0.05, 0) is 85.0 Å². The molecule has 7 rings (SSSR count). The average Bonchev–Trinajstić information content (AvgIpc) is 3.57. The van der Waals surface area contributed by atoms with Gasteiger partial charge in [-0.2, -0.15) is 0 Å². The molecule has 2 aliphatic heterocycles. The molecule has 4 aromatic rings. The molecule has 13 nitrogen and oxygen atoms in total. The van der Waals surface area contributed by atoms with Crippen molar-refractivity contribution in [1.29, 1.82) is 0 Å². The van der Waals surface area contributed by atoms with Crippen LogP contribution in [0.15, 0.2) is 54.6 Å². The van der Waals surface area contributed by atoms with Crippen molar-refractivity contribution in [2.75, 3.05) is 48.6 Å². The minimum atomic E-state index is -0.998. The summed E-state index contributed by atoms with van der Waals surface area (Å²) in [4.78, 5) is 45.7. The maximum Gasteiger partial charge on any atom is 0.514 e. The number of fused-ring (bicyclic) bond motifs is 6. The SMILES string of the molecule is CO.COC(=O)C1CC(OC(=O)c2cc(OC)c(OC(=O)OCc3cccc(Cl)c3)c(OC)c2)C[C@@H]2CN3CCc4c([nH]c5cc(OC)ccc45)C3C[C@H]12. The number of esters is 2. The third-order valence-electron chi connectivity index (χ3n) is 10.6. The number of carbonyl (C=O) groups excluding carboxylic acids is 3. The molecule has 1 saturated heterocycles. The summed E-state index contributed by atoms with van der Waals surface area (Å²) in [5, 5.41) is 8.72. The number of nitrogens with zero attached hydrogens (tertiary/aromatic N) is 1. The first-order valence-corrected chi connectivity index (χ1v) is 18.1. The number of H-pyrrole nitrogens is 1. The van der Waals surface area contributed by atoms with Crippen LogP contribution in [0, 0.1) is 17.8 Å². The highest BCUT2D eigenvalue weighted by Gasteiger charge is 2.49. The van der Waals surface area contributed by atoms with Crippen LogP contribution in [0.4, 0.5) is 4.79 Å². The Morgan fingerprint density at radius 1 is 0.926 bits per heavy atom. The van der Waals surface area contributed by atoms with E-state index in [1.54, 1.807) is 31.4 Å². The predicted molar refractivity (Wildman–Crippen MR) is 198 cm³/mol. The lowest BCUT2D eigenvalue weighted by molar-refractivity contribution is -0.155. The van der Waals surface area contributed by atoms with E-state index in [9.17, 15) is 14.4 Å². The zero-order chi connectivity index (χ0) is 38.5. The highest BCUT2D eigenvalue weighted by molar-refractivity contribution is 6.30. The number of halogens is 1. The Labute approximate surface area is 318 Å². The number of ether oxygens (including phenoxy) is 7. The number of piperidine rings is 1. The van der Waals surface area contributed by atoms with E-state index in [-0.39, 0.29) is 53.3 Å². The van der Waals surface area contributed by atoms with Gasteiger partial charge in [0.2, 0.25) is 5.75 Å². The van der Waals surface area contributed by atoms with E-state index in [2.05, 4.69) is 16.0 Å². The second kappa shape index (κ2) is 17.0. The van der Waals surface area contributed by atoms with Crippen molar-refractivity contribution in [1.82, 2.24) is 9.88 Å². The molecule has 3 heterocycles. The van der Waals surface area contributed by atoms with Crippen LogP contribution < -0.4 is 18.9 Å². The van der Waals surface area contributed by atoms with E-state index >= 15 is 0 Å². The van der Waals surface area contributed by atoms with Gasteiger partial charge in [0, 0.05) is 47.9 Å². The normalized spacial score (nSPS) is 21.6. The molecule has 0 bridgehead atoms. The monoisotopic (exact) mass is 764 g/mol. The minimum Gasteiger partial charge on any atom is -0.497 e. The van der Waals surface area contributed by atoms with Gasteiger partial charge < -0.3 is 43.2 Å². The molecule has 288 valence electrons. The second-order valence-electron chi connectivity index (χ2n) is 13.5. The maximum atomic E-state index is 13.7. The number of aliphatic hydroxyl groups is 1. The Morgan fingerprint density at radius 2 is 1.69 bits per heavy atom. The summed E-state index contributed by atoms with van der Waals surface area (Å²) in [6.07, 6.45) is 1.14. The number of methoxy groups -OCH3 is 4. The Hall–Kier alpha value is -4.98. The lowest BCUT2D eigenvalue weighted by atomic mass is 9.65. The smallest absolute Gasteiger partial charge is 0.497 e. The van der Waals surface area contributed by atoms with Crippen molar-refractivity contribution in [2.24, 2.45) is 17.8 Å². The standard InChI is InChI=1S/C39H41ClN2O10.CH4O/c1-46-25-8-9-27-28-10-11-42-19-23-13-26(16-30(38(44)49-4)29(23)18-32(42)35(28)41-31(27)17-25)51-37(43)22-14-33(47-2)36(34(15-22)48-3)52-39(45)50-20-21-6-5-7-24(40)12-21;1-2/h5-9,12,14-15,17,23,26,29-30,32,41H,10-11,13,16,18-20H2,1-4H3;2H,1H3/t23-,26?,29+,30?,32?;/m1./s1. The molecule has 1 aliphatic carbocycles. The largest absolute Gasteiger partial charge is 0.514 e. The summed E-state index contributed by atoms with van der Waals surface area (Å²) in [7, 11) is 6.82. The Kier molecular flexibility index (Phi) is 12.2. The van der Waals surface area contributed by atoms with Crippen LogP contribution in [-0.2, 0) is 32.0 Å². The number of aromatic amines is 1. The lowest BCUT2D eigenvalue weighted by Crippen LogP contribution is -2.52. The van der Waals surface area contributed by atoms with Crippen LogP contribution in [-0.4, -0.2) is 87.8 Å². The van der Waals surface area contributed by atoms with Crippen molar-refractivity contribution in [3.05, 3.63) is 82.0 Å². The van der Waals surface area contributed by atoms with Gasteiger partial charge in [0.15, 0.2) is 11.5 Å². The zero-order valence-corrected chi connectivity index (χ0v) is 31.6. The highest BCUT2D eigenvalue weighted by Crippen LogP contribution is 2.50. The Balaban J connectivity index is 0.00000245. The predicted octanol–water partition coefficient (Wildman–Crippen LogP) is 6.52. The number of nitrogens with one attached hydrogen (secondary N) is 1. The molecule has 5 atom stereocenters. The molecule has 3 aliphatic rings. The lowest BCUT2D eigenvalue weighted by Gasteiger charge is -2.51. The number of aliphatic hydroxyl groups excluding tert-OH is 1. The third-order valence-corrected chi connectivity index (χ3v) is 10.9. The first-order chi connectivity index (χ1) is 26.2. The van der Waals surface area contributed by atoms with E-state index in [1.165, 1.54) is 50.1 Å². The van der Waals surface area contributed by atoms with Crippen LogP contribution in [0.25, 0.3) is 10.9 Å². The number of carbonyl (C=O) groups is 3. The van der Waals surface area contributed by atoms with Crippen LogP contribution >= 0.6 is 11.6 Å². The zero-order valence-electron chi connectivity index (χ0n) is 30.9. The molecule has 1 saturated carbocycles. The summed E-state index contributed by atoms with van der Waals surface area (Å²) in [6.45, 7) is 1.60. The van der Waals surface area contributed by atoms with E-state index in [1.807, 2.05) is 12.1 Å². The average molecular weight is 765 g/mol. The third kappa shape index (κ3) is 7.94. The van der Waals surface area contributed by atoms with Gasteiger partial charge in [-0.3, -0.25) is 9.69 Å². The molecule has 2 fully saturated rings. The molecular weight excluding hydrogens is 720 g/mol. The summed E-state index contributed by atoms with van der Waals surface area (Å²) < 4.78 is 38.5. The summed E-state index contributed by atoms with van der Waals surface area (Å²) in [5.74, 6) is -0.285. The van der Waals surface area contributed by atoms with Gasteiger partial charge in [0.05, 0.1) is 46.0 Å². The molecular formula is C40H45ClN2O11. The molecule has 14 heteroatoms. The van der Waals surface area contributed by atoms with Crippen molar-refractivity contribution in [3.63, 3.8) is 0 Å². The van der Waals surface area contributed by atoms with Gasteiger partial charge in [0.25, 0.3) is 0 Å². The fraction of sp³-hybridized carbons (Fsp3) is 0.425. The fourth-order valence-electron chi connectivity index (χ4n) is 8.25. The van der Waals surface area contributed by atoms with E-state index in [0.29, 0.717) is 23.4 Å². The van der Waals surface area contributed by atoms with Crippen LogP contribution in [0.1, 0.15) is 52.5 Å². The van der Waals surface area contributed by atoms with Crippen molar-refractivity contribution in [2.45, 2.75) is 44.4 Å².